The Morgan fingerprint density at radius 2 is 2.40 bits per heavy atom. The summed E-state index contributed by atoms with van der Waals surface area (Å²) in [5.74, 6) is 0. The van der Waals surface area contributed by atoms with Crippen LogP contribution in [0.1, 0.15) is 10.6 Å². The molecule has 15 heavy (non-hydrogen) atoms. The number of nitrogens with zero attached hydrogens (tertiary/aromatic N) is 1. The minimum absolute atomic E-state index is 0.854. The molecule has 0 saturated carbocycles. The second-order valence-electron chi connectivity index (χ2n) is 3.21. The van der Waals surface area contributed by atoms with Crippen LogP contribution >= 0.6 is 27.3 Å². The van der Waals surface area contributed by atoms with E-state index in [2.05, 4.69) is 43.3 Å². The SMILES string of the molecule is Brc1ccc(CCNCc2cnc[nH]2)s1. The first-order valence-corrected chi connectivity index (χ1v) is 6.38. The van der Waals surface area contributed by atoms with Crippen LogP contribution in [0.2, 0.25) is 0 Å². The first kappa shape index (κ1) is 10.9. The quantitative estimate of drug-likeness (QED) is 0.829. The van der Waals surface area contributed by atoms with Crippen molar-refractivity contribution in [1.29, 1.82) is 0 Å². The molecule has 0 spiro atoms. The van der Waals surface area contributed by atoms with Gasteiger partial charge in [0.15, 0.2) is 0 Å². The Labute approximate surface area is 101 Å². The van der Waals surface area contributed by atoms with Gasteiger partial charge in [0.1, 0.15) is 0 Å². The average Bonchev–Trinajstić information content (AvgIpc) is 2.84. The topological polar surface area (TPSA) is 40.7 Å². The molecule has 2 aromatic heterocycles. The number of H-pyrrole nitrogens is 1. The maximum absolute atomic E-state index is 3.96. The third-order valence-electron chi connectivity index (χ3n) is 2.05. The molecule has 0 radical (unpaired) electrons. The first-order valence-electron chi connectivity index (χ1n) is 4.77. The van der Waals surface area contributed by atoms with E-state index in [4.69, 9.17) is 0 Å². The lowest BCUT2D eigenvalue weighted by Gasteiger charge is -2.00. The van der Waals surface area contributed by atoms with Gasteiger partial charge in [0.2, 0.25) is 0 Å². The fraction of sp³-hybridized carbons (Fsp3) is 0.300. The molecular formula is C10H12BrN3S. The van der Waals surface area contributed by atoms with Gasteiger partial charge in [0, 0.05) is 29.9 Å². The van der Waals surface area contributed by atoms with Gasteiger partial charge >= 0.3 is 0 Å². The fourth-order valence-electron chi connectivity index (χ4n) is 1.30. The maximum atomic E-state index is 3.96. The van der Waals surface area contributed by atoms with E-state index in [1.807, 2.05) is 6.20 Å². The van der Waals surface area contributed by atoms with Crippen LogP contribution in [0.15, 0.2) is 28.4 Å². The summed E-state index contributed by atoms with van der Waals surface area (Å²) in [6.07, 6.45) is 4.62. The Morgan fingerprint density at radius 1 is 1.47 bits per heavy atom. The number of thiophene rings is 1. The zero-order chi connectivity index (χ0) is 10.5. The van der Waals surface area contributed by atoms with Gasteiger partial charge in [-0.05, 0) is 34.5 Å². The molecule has 0 bridgehead atoms. The van der Waals surface area contributed by atoms with Gasteiger partial charge in [0.25, 0.3) is 0 Å². The molecule has 5 heteroatoms. The third-order valence-corrected chi connectivity index (χ3v) is 3.73. The number of rotatable bonds is 5. The van der Waals surface area contributed by atoms with E-state index in [0.717, 1.165) is 25.2 Å². The van der Waals surface area contributed by atoms with Crippen molar-refractivity contribution in [3.8, 4) is 0 Å². The van der Waals surface area contributed by atoms with E-state index < -0.39 is 0 Å². The molecule has 0 aromatic carbocycles. The van der Waals surface area contributed by atoms with Crippen LogP contribution in [0.4, 0.5) is 0 Å². The number of hydrogen-bond acceptors (Lipinski definition) is 3. The Bertz CT molecular complexity index is 396. The van der Waals surface area contributed by atoms with Gasteiger partial charge in [-0.15, -0.1) is 11.3 Å². The van der Waals surface area contributed by atoms with Crippen LogP contribution in [-0.2, 0) is 13.0 Å². The van der Waals surface area contributed by atoms with Crippen LogP contribution in [0.25, 0.3) is 0 Å². The Morgan fingerprint density at radius 3 is 3.07 bits per heavy atom. The Balaban J connectivity index is 1.67. The van der Waals surface area contributed by atoms with Crippen LogP contribution in [-0.4, -0.2) is 16.5 Å². The van der Waals surface area contributed by atoms with E-state index in [9.17, 15) is 0 Å². The van der Waals surface area contributed by atoms with E-state index in [1.54, 1.807) is 17.7 Å². The van der Waals surface area contributed by atoms with E-state index in [0.29, 0.717) is 0 Å². The number of aromatic amines is 1. The zero-order valence-corrected chi connectivity index (χ0v) is 10.6. The minimum Gasteiger partial charge on any atom is -0.347 e. The predicted molar refractivity (Wildman–Crippen MR) is 66.0 cm³/mol. The smallest absolute Gasteiger partial charge is 0.0922 e. The summed E-state index contributed by atoms with van der Waals surface area (Å²) in [4.78, 5) is 8.43. The number of halogens is 1. The highest BCUT2D eigenvalue weighted by Crippen LogP contribution is 2.21. The molecule has 0 atom stereocenters. The van der Waals surface area contributed by atoms with Crippen molar-refractivity contribution in [1.82, 2.24) is 15.3 Å². The van der Waals surface area contributed by atoms with E-state index in [-0.39, 0.29) is 0 Å². The molecule has 2 N–H and O–H groups in total. The Hall–Kier alpha value is -0.650. The molecule has 2 heterocycles. The average molecular weight is 286 g/mol. The molecular weight excluding hydrogens is 274 g/mol. The van der Waals surface area contributed by atoms with Crippen molar-refractivity contribution < 1.29 is 0 Å². The van der Waals surface area contributed by atoms with E-state index >= 15 is 0 Å². The lowest BCUT2D eigenvalue weighted by atomic mass is 10.3. The summed E-state index contributed by atoms with van der Waals surface area (Å²) in [5, 5.41) is 3.37. The monoisotopic (exact) mass is 285 g/mol. The molecule has 0 aliphatic heterocycles. The van der Waals surface area contributed by atoms with E-state index in [1.165, 1.54) is 8.66 Å². The van der Waals surface area contributed by atoms with Crippen molar-refractivity contribution in [3.63, 3.8) is 0 Å². The summed E-state index contributed by atoms with van der Waals surface area (Å²) in [7, 11) is 0. The van der Waals surface area contributed by atoms with Crippen LogP contribution in [0.3, 0.4) is 0 Å². The summed E-state index contributed by atoms with van der Waals surface area (Å²) < 4.78 is 1.20. The van der Waals surface area contributed by atoms with Gasteiger partial charge in [0.05, 0.1) is 10.1 Å². The highest BCUT2D eigenvalue weighted by molar-refractivity contribution is 9.11. The van der Waals surface area contributed by atoms with Crippen molar-refractivity contribution in [2.75, 3.05) is 6.54 Å². The third kappa shape index (κ3) is 3.44. The fourth-order valence-corrected chi connectivity index (χ4v) is 2.78. The highest BCUT2D eigenvalue weighted by atomic mass is 79.9. The molecule has 0 amide bonds. The lowest BCUT2D eigenvalue weighted by molar-refractivity contribution is 0.680. The highest BCUT2D eigenvalue weighted by Gasteiger charge is 1.97. The summed E-state index contributed by atoms with van der Waals surface area (Å²) in [6, 6.07) is 4.25. The molecule has 0 fully saturated rings. The number of hydrogen-bond donors (Lipinski definition) is 2. The standard InChI is InChI=1S/C10H12BrN3S/c11-10-2-1-9(15-10)3-4-12-5-8-6-13-7-14-8/h1-2,6-7,12H,3-5H2,(H,13,14). The molecule has 0 unspecified atom stereocenters. The maximum Gasteiger partial charge on any atom is 0.0922 e. The summed E-state index contributed by atoms with van der Waals surface area (Å²) >= 11 is 5.25. The molecule has 3 nitrogen and oxygen atoms in total. The van der Waals surface area contributed by atoms with Crippen molar-refractivity contribution >= 4 is 27.3 Å². The number of nitrogens with one attached hydrogen (secondary N) is 2. The number of imidazole rings is 1. The van der Waals surface area contributed by atoms with Crippen molar-refractivity contribution in [2.45, 2.75) is 13.0 Å². The van der Waals surface area contributed by atoms with Crippen LogP contribution in [0.5, 0.6) is 0 Å². The number of aromatic nitrogens is 2. The van der Waals surface area contributed by atoms with Gasteiger partial charge in [-0.25, -0.2) is 4.98 Å². The molecule has 2 rings (SSSR count). The van der Waals surface area contributed by atoms with Gasteiger partial charge in [-0.2, -0.15) is 0 Å². The largest absolute Gasteiger partial charge is 0.347 e. The molecule has 0 saturated heterocycles. The summed E-state index contributed by atoms with van der Waals surface area (Å²) in [5.41, 5.74) is 1.13. The minimum atomic E-state index is 0.854. The molecule has 0 aliphatic carbocycles. The van der Waals surface area contributed by atoms with Crippen molar-refractivity contribution in [2.24, 2.45) is 0 Å². The second kappa shape index (κ2) is 5.44. The zero-order valence-electron chi connectivity index (χ0n) is 8.16. The molecule has 2 aromatic rings. The van der Waals surface area contributed by atoms with Gasteiger partial charge < -0.3 is 10.3 Å². The predicted octanol–water partition coefficient (Wildman–Crippen LogP) is 2.57. The second-order valence-corrected chi connectivity index (χ2v) is 5.76. The van der Waals surface area contributed by atoms with Gasteiger partial charge in [-0.3, -0.25) is 0 Å². The Kier molecular flexibility index (Phi) is 3.94. The van der Waals surface area contributed by atoms with Crippen LogP contribution in [0, 0.1) is 0 Å². The summed E-state index contributed by atoms with van der Waals surface area (Å²) in [6.45, 7) is 1.85. The van der Waals surface area contributed by atoms with Crippen LogP contribution < -0.4 is 5.32 Å². The van der Waals surface area contributed by atoms with Gasteiger partial charge in [-0.1, -0.05) is 0 Å². The van der Waals surface area contributed by atoms with Crippen molar-refractivity contribution in [3.05, 3.63) is 39.0 Å². The first-order chi connectivity index (χ1) is 7.34. The normalized spacial score (nSPS) is 10.7. The molecule has 80 valence electrons. The molecule has 0 aliphatic rings. The lowest BCUT2D eigenvalue weighted by Crippen LogP contribution is -2.16.